The zero-order valence-corrected chi connectivity index (χ0v) is 17.3. The van der Waals surface area contributed by atoms with Crippen molar-refractivity contribution in [2.75, 3.05) is 14.2 Å². The number of rotatable bonds is 2. The predicted molar refractivity (Wildman–Crippen MR) is 101 cm³/mol. The molecule has 4 aliphatic carbocycles. The van der Waals surface area contributed by atoms with Crippen LogP contribution in [-0.2, 0) is 19.1 Å². The van der Waals surface area contributed by atoms with Crippen LogP contribution in [0.1, 0.15) is 52.4 Å². The summed E-state index contributed by atoms with van der Waals surface area (Å²) in [6.07, 6.45) is 2.68. The molecular formula is C22H32O6. The van der Waals surface area contributed by atoms with Gasteiger partial charge in [0, 0.05) is 0 Å². The Kier molecular flexibility index (Phi) is 4.13. The maximum Gasteiger partial charge on any atom is 0.311 e. The molecule has 4 saturated carbocycles. The Bertz CT molecular complexity index is 747. The quantitative estimate of drug-likeness (QED) is 0.553. The van der Waals surface area contributed by atoms with Crippen molar-refractivity contribution in [2.45, 2.75) is 64.1 Å². The second-order valence-corrected chi connectivity index (χ2v) is 10.2. The van der Waals surface area contributed by atoms with Crippen LogP contribution in [0.2, 0.25) is 0 Å². The molecule has 0 unspecified atom stereocenters. The first-order valence-corrected chi connectivity index (χ1v) is 10.3. The first kappa shape index (κ1) is 19.9. The Balaban J connectivity index is 1.95. The Morgan fingerprint density at radius 1 is 1.18 bits per heavy atom. The summed E-state index contributed by atoms with van der Waals surface area (Å²) in [7, 11) is 2.78. The lowest BCUT2D eigenvalue weighted by molar-refractivity contribution is -0.170. The lowest BCUT2D eigenvalue weighted by Gasteiger charge is -2.51. The van der Waals surface area contributed by atoms with Crippen LogP contribution in [0.5, 0.6) is 0 Å². The number of esters is 2. The minimum Gasteiger partial charge on any atom is -0.469 e. The second-order valence-electron chi connectivity index (χ2n) is 10.2. The largest absolute Gasteiger partial charge is 0.469 e. The van der Waals surface area contributed by atoms with E-state index < -0.39 is 28.5 Å². The van der Waals surface area contributed by atoms with Gasteiger partial charge >= 0.3 is 11.9 Å². The molecule has 6 nitrogen and oxygen atoms in total. The van der Waals surface area contributed by atoms with Gasteiger partial charge in [-0.3, -0.25) is 9.59 Å². The lowest BCUT2D eigenvalue weighted by atomic mass is 9.53. The van der Waals surface area contributed by atoms with Gasteiger partial charge < -0.3 is 19.7 Å². The Labute approximate surface area is 166 Å². The molecule has 4 fully saturated rings. The Hall–Kier alpha value is -1.40. The summed E-state index contributed by atoms with van der Waals surface area (Å²) in [4.78, 5) is 26.1. The molecule has 4 rings (SSSR count). The molecule has 0 aromatic rings. The fraction of sp³-hybridized carbons (Fsp3) is 0.818. The molecule has 0 aliphatic heterocycles. The zero-order valence-electron chi connectivity index (χ0n) is 17.3. The van der Waals surface area contributed by atoms with E-state index in [1.807, 2.05) is 6.92 Å². The highest BCUT2D eigenvalue weighted by molar-refractivity contribution is 5.81. The van der Waals surface area contributed by atoms with Gasteiger partial charge in [0.1, 0.15) is 5.60 Å². The summed E-state index contributed by atoms with van der Waals surface area (Å²) in [5.41, 5.74) is -2.45. The van der Waals surface area contributed by atoms with E-state index in [1.165, 1.54) is 14.2 Å². The minimum atomic E-state index is -1.37. The predicted octanol–water partition coefficient (Wildman–Crippen LogP) is 2.22. The molecule has 0 saturated heterocycles. The fourth-order valence-corrected chi connectivity index (χ4v) is 8.16. The Morgan fingerprint density at radius 3 is 2.46 bits per heavy atom. The van der Waals surface area contributed by atoms with Gasteiger partial charge in [0.15, 0.2) is 0 Å². The van der Waals surface area contributed by atoms with Crippen molar-refractivity contribution in [3.05, 3.63) is 12.2 Å². The number of methoxy groups -OCH3 is 2. The number of hydrogen-bond donors (Lipinski definition) is 2. The Morgan fingerprint density at radius 2 is 1.86 bits per heavy atom. The molecular weight excluding hydrogens is 360 g/mol. The van der Waals surface area contributed by atoms with Crippen molar-refractivity contribution >= 4 is 11.9 Å². The van der Waals surface area contributed by atoms with Crippen LogP contribution in [0.3, 0.4) is 0 Å². The summed E-state index contributed by atoms with van der Waals surface area (Å²) >= 11 is 0. The average Bonchev–Trinajstić information content (AvgIpc) is 3.01. The molecule has 0 heterocycles. The van der Waals surface area contributed by atoms with Gasteiger partial charge in [0.2, 0.25) is 0 Å². The number of ether oxygens (including phenoxy) is 2. The van der Waals surface area contributed by atoms with Gasteiger partial charge in [-0.1, -0.05) is 19.9 Å². The van der Waals surface area contributed by atoms with E-state index in [1.54, 1.807) is 0 Å². The van der Waals surface area contributed by atoms with Gasteiger partial charge in [-0.15, -0.1) is 0 Å². The minimum absolute atomic E-state index is 0.00732. The van der Waals surface area contributed by atoms with Crippen LogP contribution in [0, 0.1) is 34.0 Å². The van der Waals surface area contributed by atoms with Crippen LogP contribution in [0.25, 0.3) is 0 Å². The van der Waals surface area contributed by atoms with E-state index >= 15 is 0 Å². The topological polar surface area (TPSA) is 93.1 Å². The van der Waals surface area contributed by atoms with Crippen LogP contribution >= 0.6 is 0 Å². The molecule has 0 amide bonds. The molecule has 156 valence electrons. The van der Waals surface area contributed by atoms with Gasteiger partial charge in [0.25, 0.3) is 0 Å². The summed E-state index contributed by atoms with van der Waals surface area (Å²) in [6.45, 7) is 8.14. The summed E-state index contributed by atoms with van der Waals surface area (Å²) in [5, 5.41) is 22.0. The number of carbonyl (C=O) groups excluding carboxylic acids is 2. The normalized spacial score (nSPS) is 52.0. The highest BCUT2D eigenvalue weighted by Gasteiger charge is 2.78. The van der Waals surface area contributed by atoms with Crippen molar-refractivity contribution < 1.29 is 29.3 Å². The number of hydrogen-bond acceptors (Lipinski definition) is 6. The molecule has 0 aromatic carbocycles. The van der Waals surface area contributed by atoms with Crippen molar-refractivity contribution in [3.8, 4) is 0 Å². The third kappa shape index (κ3) is 2.06. The van der Waals surface area contributed by atoms with Crippen LogP contribution < -0.4 is 0 Å². The molecule has 0 aromatic heterocycles. The highest BCUT2D eigenvalue weighted by Crippen LogP contribution is 2.78. The van der Waals surface area contributed by atoms with E-state index in [2.05, 4.69) is 13.5 Å². The van der Waals surface area contributed by atoms with Gasteiger partial charge in [-0.05, 0) is 67.3 Å². The summed E-state index contributed by atoms with van der Waals surface area (Å²) < 4.78 is 10.5. The zero-order chi connectivity index (χ0) is 20.7. The van der Waals surface area contributed by atoms with E-state index in [4.69, 9.17) is 9.47 Å². The van der Waals surface area contributed by atoms with Crippen LogP contribution in [0.4, 0.5) is 0 Å². The van der Waals surface area contributed by atoms with E-state index in [0.29, 0.717) is 31.3 Å². The SMILES string of the molecule is C=C1C[C@]23C[C@@]1(O)[C@H](O)C[C@H]2[C@]1(C)CCC[C@@](C)(C(=O)OC)[C@H]1[C@@H]3C(=O)OC. The van der Waals surface area contributed by atoms with Crippen LogP contribution in [0.15, 0.2) is 12.2 Å². The molecule has 28 heavy (non-hydrogen) atoms. The fourth-order valence-electron chi connectivity index (χ4n) is 8.16. The van der Waals surface area contributed by atoms with Crippen molar-refractivity contribution in [2.24, 2.45) is 34.0 Å². The molecule has 2 bridgehead atoms. The maximum atomic E-state index is 13.2. The number of aliphatic hydroxyl groups is 2. The standard InChI is InChI=1S/C22H32O6/c1-12-10-21-11-22(12,26)14(23)9-13(21)19(2)7-6-8-20(3,18(25)28-5)16(19)15(21)17(24)27-4/h13-16,23,26H,1,6-11H2,2-5H3/t13-,14+,15+,16-,19-,20+,21-,22-/m0/s1. The molecule has 4 aliphatic rings. The molecule has 1 spiro atoms. The number of fused-ring (bicyclic) bond motifs is 3. The van der Waals surface area contributed by atoms with Gasteiger partial charge in [0.05, 0.1) is 31.7 Å². The third-order valence-electron chi connectivity index (χ3n) is 9.12. The number of carbonyl (C=O) groups is 2. The first-order valence-electron chi connectivity index (χ1n) is 10.3. The molecule has 2 N–H and O–H groups in total. The summed E-state index contributed by atoms with van der Waals surface area (Å²) in [6, 6.07) is 0. The third-order valence-corrected chi connectivity index (χ3v) is 9.12. The molecule has 8 atom stereocenters. The number of aliphatic hydroxyl groups excluding tert-OH is 1. The second kappa shape index (κ2) is 5.82. The highest BCUT2D eigenvalue weighted by atomic mass is 16.5. The molecule has 0 radical (unpaired) electrons. The maximum absolute atomic E-state index is 13.2. The van der Waals surface area contributed by atoms with Gasteiger partial charge in [-0.2, -0.15) is 0 Å². The first-order chi connectivity index (χ1) is 13.0. The van der Waals surface area contributed by atoms with Crippen molar-refractivity contribution in [3.63, 3.8) is 0 Å². The van der Waals surface area contributed by atoms with Crippen LogP contribution in [-0.4, -0.2) is 48.1 Å². The van der Waals surface area contributed by atoms with Gasteiger partial charge in [-0.25, -0.2) is 0 Å². The smallest absolute Gasteiger partial charge is 0.311 e. The van der Waals surface area contributed by atoms with E-state index in [-0.39, 0.29) is 29.2 Å². The lowest BCUT2D eigenvalue weighted by Crippen LogP contribution is -2.52. The summed E-state index contributed by atoms with van der Waals surface area (Å²) in [5.74, 6) is -1.41. The van der Waals surface area contributed by atoms with E-state index in [9.17, 15) is 19.8 Å². The molecule has 6 heteroatoms. The van der Waals surface area contributed by atoms with E-state index in [0.717, 1.165) is 12.8 Å². The monoisotopic (exact) mass is 392 g/mol. The van der Waals surface area contributed by atoms with Crippen molar-refractivity contribution in [1.82, 2.24) is 0 Å². The van der Waals surface area contributed by atoms with Crippen molar-refractivity contribution in [1.29, 1.82) is 0 Å². The average molecular weight is 392 g/mol.